The normalized spacial score (nSPS) is 22.8. The van der Waals surface area contributed by atoms with Crippen molar-refractivity contribution < 1.29 is 23.1 Å². The number of aliphatic hydroxyl groups is 1. The summed E-state index contributed by atoms with van der Waals surface area (Å²) in [5.41, 5.74) is 1.46. The lowest BCUT2D eigenvalue weighted by Crippen LogP contribution is -2.63. The Morgan fingerprint density at radius 2 is 1.49 bits per heavy atom. The van der Waals surface area contributed by atoms with Gasteiger partial charge in [-0.15, -0.1) is 0 Å². The first-order valence-electron chi connectivity index (χ1n) is 17.1. The first kappa shape index (κ1) is 37.0. The van der Waals surface area contributed by atoms with Crippen LogP contribution in [0.2, 0.25) is 0 Å². The van der Waals surface area contributed by atoms with Crippen molar-refractivity contribution in [3.05, 3.63) is 71.8 Å². The maximum atomic E-state index is 14.1. The molecule has 1 aliphatic carbocycles. The monoisotopic (exact) mass is 668 g/mol. The highest BCUT2D eigenvalue weighted by Crippen LogP contribution is 2.39. The van der Waals surface area contributed by atoms with Gasteiger partial charge in [-0.1, -0.05) is 79.9 Å². The Hall–Kier alpha value is -2.79. The second-order valence-corrected chi connectivity index (χ2v) is 17.9. The smallest absolute Gasteiger partial charge is 0.239 e. The van der Waals surface area contributed by atoms with E-state index in [-0.39, 0.29) is 24.0 Å². The van der Waals surface area contributed by atoms with Crippen molar-refractivity contribution in [3.63, 3.8) is 0 Å². The summed E-state index contributed by atoms with van der Waals surface area (Å²) in [7, 11) is -3.67. The van der Waals surface area contributed by atoms with Crippen LogP contribution in [0.25, 0.3) is 0 Å². The molecule has 47 heavy (non-hydrogen) atoms. The number of hydrogen-bond donors (Lipinski definition) is 4. The van der Waals surface area contributed by atoms with E-state index >= 15 is 0 Å². The van der Waals surface area contributed by atoms with Gasteiger partial charge in [0, 0.05) is 31.4 Å². The van der Waals surface area contributed by atoms with E-state index in [1.807, 2.05) is 81.4 Å². The van der Waals surface area contributed by atoms with Gasteiger partial charge in [0.2, 0.25) is 11.8 Å². The molecule has 2 amide bonds. The number of piperidine rings is 1. The van der Waals surface area contributed by atoms with Gasteiger partial charge in [-0.3, -0.25) is 14.5 Å². The minimum absolute atomic E-state index is 0.0301. The summed E-state index contributed by atoms with van der Waals surface area (Å²) in [6, 6.07) is 17.0. The predicted octanol–water partition coefficient (Wildman–Crippen LogP) is 3.85. The van der Waals surface area contributed by atoms with Crippen molar-refractivity contribution in [2.24, 2.45) is 11.8 Å². The molecular formula is C37H56N4O5S. The van der Waals surface area contributed by atoms with Crippen LogP contribution in [0.5, 0.6) is 0 Å². The van der Waals surface area contributed by atoms with Crippen LogP contribution >= 0.6 is 0 Å². The Balaban J connectivity index is 1.60. The van der Waals surface area contributed by atoms with Crippen LogP contribution in [0, 0.1) is 11.8 Å². The molecule has 2 fully saturated rings. The lowest BCUT2D eigenvalue weighted by atomic mass is 9.72. The van der Waals surface area contributed by atoms with Crippen molar-refractivity contribution in [2.45, 2.75) is 114 Å². The lowest BCUT2D eigenvalue weighted by molar-refractivity contribution is -0.133. The number of carbonyl (C=O) groups excluding carboxylic acids is 2. The fourth-order valence-corrected chi connectivity index (χ4v) is 7.71. The number of hydrogen-bond acceptors (Lipinski definition) is 7. The van der Waals surface area contributed by atoms with Gasteiger partial charge in [-0.2, -0.15) is 0 Å². The second kappa shape index (κ2) is 15.6. The van der Waals surface area contributed by atoms with E-state index in [1.54, 1.807) is 13.8 Å². The zero-order chi connectivity index (χ0) is 34.4. The van der Waals surface area contributed by atoms with Gasteiger partial charge >= 0.3 is 0 Å². The molecule has 9 nitrogen and oxygen atoms in total. The summed E-state index contributed by atoms with van der Waals surface area (Å²) in [6.07, 6.45) is 5.83. The number of fused-ring (bicyclic) bond motifs is 1. The van der Waals surface area contributed by atoms with Crippen molar-refractivity contribution in [1.82, 2.24) is 20.9 Å². The lowest BCUT2D eigenvalue weighted by Gasteiger charge is -2.47. The number of carbonyl (C=O) groups is 2. The largest absolute Gasteiger partial charge is 0.390 e. The maximum absolute atomic E-state index is 14.1. The van der Waals surface area contributed by atoms with E-state index in [2.05, 4.69) is 20.9 Å². The molecule has 0 aromatic heterocycles. The van der Waals surface area contributed by atoms with Gasteiger partial charge in [0.1, 0.15) is 6.04 Å². The fraction of sp³-hybridized carbons (Fsp3) is 0.622. The van der Waals surface area contributed by atoms with Crippen LogP contribution in [0.15, 0.2) is 60.7 Å². The van der Waals surface area contributed by atoms with Gasteiger partial charge in [-0.25, -0.2) is 8.42 Å². The quantitative estimate of drug-likeness (QED) is 0.255. The van der Waals surface area contributed by atoms with E-state index in [0.717, 1.165) is 43.2 Å². The molecule has 4 rings (SSSR count). The molecule has 0 radical (unpaired) electrons. The number of sulfone groups is 1. The summed E-state index contributed by atoms with van der Waals surface area (Å²) < 4.78 is 24.5. The minimum Gasteiger partial charge on any atom is -0.390 e. The molecule has 1 heterocycles. The summed E-state index contributed by atoms with van der Waals surface area (Å²) in [6.45, 7) is 10.3. The molecule has 260 valence electrons. The highest BCUT2D eigenvalue weighted by Gasteiger charge is 2.45. The Kier molecular flexibility index (Phi) is 12.3. The van der Waals surface area contributed by atoms with E-state index in [0.29, 0.717) is 24.8 Å². The van der Waals surface area contributed by atoms with Crippen molar-refractivity contribution in [3.8, 4) is 0 Å². The number of rotatable bonds is 13. The number of amides is 2. The SMILES string of the molecule is CC(C)(C)NC(=O)[C@@H]1C[C@@H]2CCCC[C@@H]2CN1C[C@@H](O)[C@H](Cc1ccccc1)NC(=O)[C@@H](NCc1ccccc1)C(C)(C)S(C)(=O)=O. The van der Waals surface area contributed by atoms with E-state index in [4.69, 9.17) is 0 Å². The van der Waals surface area contributed by atoms with Crippen LogP contribution in [0.4, 0.5) is 0 Å². The van der Waals surface area contributed by atoms with E-state index in [9.17, 15) is 23.1 Å². The third-order valence-electron chi connectivity index (χ3n) is 10.1. The maximum Gasteiger partial charge on any atom is 0.239 e. The molecule has 1 aliphatic heterocycles. The molecule has 10 heteroatoms. The zero-order valence-electron chi connectivity index (χ0n) is 29.0. The number of likely N-dealkylation sites (tertiary alicyclic amines) is 1. The van der Waals surface area contributed by atoms with Crippen LogP contribution in [-0.2, 0) is 32.4 Å². The molecule has 1 saturated heterocycles. The fourth-order valence-electron chi connectivity index (χ4n) is 7.10. The molecule has 1 saturated carbocycles. The standard InChI is InChI=1S/C37H56N4O5S/c1-36(2,3)40-34(43)31-22-28-19-13-14-20-29(28)24-41(31)25-32(42)30(21-26-15-9-7-10-16-26)39-35(44)33(37(4,5)47(6,45)46)38-23-27-17-11-8-12-18-27/h7-12,15-18,28-33,38,42H,13-14,19-25H2,1-6H3,(H,39,44)(H,40,43)/t28-,29+,30-,31-,32+,33+/m0/s1. The van der Waals surface area contributed by atoms with Gasteiger partial charge in [0.05, 0.1) is 22.9 Å². The average Bonchev–Trinajstić information content (AvgIpc) is 3.00. The van der Waals surface area contributed by atoms with Crippen LogP contribution in [0.1, 0.15) is 77.8 Å². The van der Waals surface area contributed by atoms with E-state index < -0.39 is 38.7 Å². The van der Waals surface area contributed by atoms with Crippen LogP contribution in [-0.4, -0.2) is 84.1 Å². The molecule has 6 atom stereocenters. The number of nitrogens with one attached hydrogen (secondary N) is 3. The van der Waals surface area contributed by atoms with Gasteiger partial charge in [0.25, 0.3) is 0 Å². The highest BCUT2D eigenvalue weighted by molar-refractivity contribution is 7.92. The molecule has 2 aliphatic rings. The number of aliphatic hydroxyl groups excluding tert-OH is 1. The third kappa shape index (κ3) is 10.1. The summed E-state index contributed by atoms with van der Waals surface area (Å²) in [5, 5.41) is 21.4. The molecule has 0 spiro atoms. The van der Waals surface area contributed by atoms with Crippen molar-refractivity contribution in [2.75, 3.05) is 19.3 Å². The number of nitrogens with zero attached hydrogens (tertiary/aromatic N) is 1. The molecular weight excluding hydrogens is 612 g/mol. The summed E-state index contributed by atoms with van der Waals surface area (Å²) in [4.78, 5) is 29.9. The third-order valence-corrected chi connectivity index (χ3v) is 12.2. The van der Waals surface area contributed by atoms with Gasteiger partial charge in [-0.05, 0) is 76.8 Å². The Morgan fingerprint density at radius 1 is 0.915 bits per heavy atom. The number of β-amino-alcohol motifs (C(OH)–C–C–N with tert-alkyl or cyclic N) is 1. The van der Waals surface area contributed by atoms with Gasteiger partial charge in [0.15, 0.2) is 9.84 Å². The topological polar surface area (TPSA) is 128 Å². The summed E-state index contributed by atoms with van der Waals surface area (Å²) in [5.74, 6) is 0.433. The minimum atomic E-state index is -3.67. The van der Waals surface area contributed by atoms with Crippen molar-refractivity contribution in [1.29, 1.82) is 0 Å². The molecule has 2 aromatic rings. The molecule has 0 bridgehead atoms. The van der Waals surface area contributed by atoms with Crippen molar-refractivity contribution >= 4 is 21.7 Å². The zero-order valence-corrected chi connectivity index (χ0v) is 29.9. The Labute approximate surface area is 282 Å². The average molecular weight is 669 g/mol. The molecule has 0 unspecified atom stereocenters. The summed E-state index contributed by atoms with van der Waals surface area (Å²) >= 11 is 0. The predicted molar refractivity (Wildman–Crippen MR) is 187 cm³/mol. The van der Waals surface area contributed by atoms with Crippen LogP contribution in [0.3, 0.4) is 0 Å². The number of benzene rings is 2. The molecule has 2 aromatic carbocycles. The van der Waals surface area contributed by atoms with Gasteiger partial charge < -0.3 is 21.1 Å². The molecule has 4 N–H and O–H groups in total. The first-order valence-corrected chi connectivity index (χ1v) is 19.0. The Morgan fingerprint density at radius 3 is 2.06 bits per heavy atom. The Bertz CT molecular complexity index is 1430. The van der Waals surface area contributed by atoms with Crippen LogP contribution < -0.4 is 16.0 Å². The highest BCUT2D eigenvalue weighted by atomic mass is 32.2. The first-order chi connectivity index (χ1) is 22.0. The van der Waals surface area contributed by atoms with E-state index in [1.165, 1.54) is 12.8 Å². The second-order valence-electron chi connectivity index (χ2n) is 15.3.